The van der Waals surface area contributed by atoms with Crippen molar-refractivity contribution in [2.45, 2.75) is 39.0 Å². The quantitative estimate of drug-likeness (QED) is 0.724. The number of ether oxygens (including phenoxy) is 1. The fourth-order valence-electron chi connectivity index (χ4n) is 3.59. The molecule has 1 atom stereocenters. The molecule has 0 aromatic heterocycles. The van der Waals surface area contributed by atoms with Gasteiger partial charge in [0, 0.05) is 18.8 Å². The lowest BCUT2D eigenvalue weighted by molar-refractivity contribution is -0.138. The lowest BCUT2D eigenvalue weighted by atomic mass is 10.1. The number of hydrogen-bond acceptors (Lipinski definition) is 3. The molecule has 166 valence electrons. The third-order valence-electron chi connectivity index (χ3n) is 5.41. The van der Waals surface area contributed by atoms with Crippen LogP contribution in [0.1, 0.15) is 39.9 Å². The van der Waals surface area contributed by atoms with Crippen molar-refractivity contribution in [2.24, 2.45) is 0 Å². The van der Waals surface area contributed by atoms with Gasteiger partial charge in [0.1, 0.15) is 6.54 Å². The zero-order valence-electron chi connectivity index (χ0n) is 17.5. The third kappa shape index (κ3) is 5.64. The van der Waals surface area contributed by atoms with Gasteiger partial charge in [0.05, 0.1) is 17.2 Å². The summed E-state index contributed by atoms with van der Waals surface area (Å²) in [5.74, 6) is -1.33. The molecule has 2 amide bonds. The number of benzene rings is 2. The molecule has 2 aromatic carbocycles. The van der Waals surface area contributed by atoms with E-state index in [1.165, 1.54) is 12.1 Å². The zero-order chi connectivity index (χ0) is 22.6. The lowest BCUT2D eigenvalue weighted by Gasteiger charge is -2.26. The fourth-order valence-corrected chi connectivity index (χ4v) is 3.59. The number of halogens is 3. The van der Waals surface area contributed by atoms with Crippen LogP contribution in [0.3, 0.4) is 0 Å². The van der Waals surface area contributed by atoms with Crippen LogP contribution < -0.4 is 5.32 Å². The van der Waals surface area contributed by atoms with Gasteiger partial charge in [-0.2, -0.15) is 13.2 Å². The molecule has 5 nitrogen and oxygen atoms in total. The first-order valence-corrected chi connectivity index (χ1v) is 10.1. The highest BCUT2D eigenvalue weighted by molar-refractivity contribution is 6.00. The highest BCUT2D eigenvalue weighted by atomic mass is 19.4. The minimum atomic E-state index is -4.68. The first-order chi connectivity index (χ1) is 14.7. The van der Waals surface area contributed by atoms with E-state index in [-0.39, 0.29) is 19.2 Å². The molecule has 0 bridgehead atoms. The summed E-state index contributed by atoms with van der Waals surface area (Å²) in [6.07, 6.45) is -3.50. The second-order valence-corrected chi connectivity index (χ2v) is 7.66. The second-order valence-electron chi connectivity index (χ2n) is 7.66. The molecule has 1 heterocycles. The van der Waals surface area contributed by atoms with E-state index < -0.39 is 29.1 Å². The summed E-state index contributed by atoms with van der Waals surface area (Å²) in [5.41, 5.74) is 0.976. The SMILES string of the molecule is Cc1cccc(NC(=O)CN(CC2CCCO2)C(=O)c2ccccc2C(F)(F)F)c1C. The minimum Gasteiger partial charge on any atom is -0.376 e. The van der Waals surface area contributed by atoms with Crippen LogP contribution in [0.4, 0.5) is 18.9 Å². The van der Waals surface area contributed by atoms with Crippen LogP contribution in [-0.2, 0) is 15.7 Å². The van der Waals surface area contributed by atoms with Crippen LogP contribution >= 0.6 is 0 Å². The van der Waals surface area contributed by atoms with Crippen LogP contribution in [-0.4, -0.2) is 42.5 Å². The van der Waals surface area contributed by atoms with E-state index in [0.29, 0.717) is 18.7 Å². The van der Waals surface area contributed by atoms with Crippen molar-refractivity contribution in [1.29, 1.82) is 0 Å². The monoisotopic (exact) mass is 434 g/mol. The molecule has 1 N–H and O–H groups in total. The van der Waals surface area contributed by atoms with E-state index in [0.717, 1.165) is 34.6 Å². The Bertz CT molecular complexity index is 953. The molecule has 1 aliphatic rings. The third-order valence-corrected chi connectivity index (χ3v) is 5.41. The zero-order valence-corrected chi connectivity index (χ0v) is 17.5. The van der Waals surface area contributed by atoms with Gasteiger partial charge in [-0.15, -0.1) is 0 Å². The van der Waals surface area contributed by atoms with Gasteiger partial charge >= 0.3 is 6.18 Å². The maximum Gasteiger partial charge on any atom is 0.417 e. The second kappa shape index (κ2) is 9.51. The summed E-state index contributed by atoms with van der Waals surface area (Å²) in [6, 6.07) is 10.1. The van der Waals surface area contributed by atoms with E-state index in [4.69, 9.17) is 4.74 Å². The number of hydrogen-bond donors (Lipinski definition) is 1. The molecule has 1 unspecified atom stereocenters. The molecule has 31 heavy (non-hydrogen) atoms. The van der Waals surface area contributed by atoms with Gasteiger partial charge in [0.15, 0.2) is 0 Å². The van der Waals surface area contributed by atoms with Crippen molar-refractivity contribution < 1.29 is 27.5 Å². The Hall–Kier alpha value is -2.87. The van der Waals surface area contributed by atoms with Gasteiger partial charge in [-0.1, -0.05) is 24.3 Å². The first kappa shape index (κ1) is 22.8. The van der Waals surface area contributed by atoms with E-state index >= 15 is 0 Å². The van der Waals surface area contributed by atoms with Crippen molar-refractivity contribution in [3.8, 4) is 0 Å². The van der Waals surface area contributed by atoms with Crippen molar-refractivity contribution in [3.05, 3.63) is 64.7 Å². The molecule has 0 aliphatic carbocycles. The summed E-state index contributed by atoms with van der Waals surface area (Å²) >= 11 is 0. The Labute approximate surface area is 179 Å². The van der Waals surface area contributed by atoms with E-state index in [1.54, 1.807) is 12.1 Å². The van der Waals surface area contributed by atoms with Gasteiger partial charge in [0.2, 0.25) is 5.91 Å². The average molecular weight is 434 g/mol. The molecule has 3 rings (SSSR count). The number of carbonyl (C=O) groups excluding carboxylic acids is 2. The van der Waals surface area contributed by atoms with E-state index in [1.807, 2.05) is 19.9 Å². The summed E-state index contributed by atoms with van der Waals surface area (Å²) < 4.78 is 45.9. The van der Waals surface area contributed by atoms with Gasteiger partial charge in [-0.05, 0) is 56.0 Å². The molecule has 1 saturated heterocycles. The van der Waals surface area contributed by atoms with Crippen LogP contribution in [0.15, 0.2) is 42.5 Å². The number of nitrogens with zero attached hydrogens (tertiary/aromatic N) is 1. The number of rotatable bonds is 6. The number of anilines is 1. The number of nitrogens with one attached hydrogen (secondary N) is 1. The number of aryl methyl sites for hydroxylation is 1. The molecule has 0 spiro atoms. The summed E-state index contributed by atoms with van der Waals surface area (Å²) in [5, 5.41) is 2.76. The summed E-state index contributed by atoms with van der Waals surface area (Å²) in [4.78, 5) is 26.9. The van der Waals surface area contributed by atoms with Crippen LogP contribution in [0.25, 0.3) is 0 Å². The molecule has 0 radical (unpaired) electrons. The Morgan fingerprint density at radius 3 is 2.55 bits per heavy atom. The number of carbonyl (C=O) groups is 2. The molecule has 1 aliphatic heterocycles. The standard InChI is InChI=1S/C23H25F3N2O3/c1-15-7-5-11-20(16(15)2)27-21(29)14-28(13-17-8-6-12-31-17)22(30)18-9-3-4-10-19(18)23(24,25)26/h3-5,7,9-11,17H,6,8,12-14H2,1-2H3,(H,27,29). The summed E-state index contributed by atoms with van der Waals surface area (Å²) in [7, 11) is 0. The molecule has 1 fully saturated rings. The normalized spacial score (nSPS) is 16.2. The van der Waals surface area contributed by atoms with Crippen molar-refractivity contribution in [3.63, 3.8) is 0 Å². The van der Waals surface area contributed by atoms with Gasteiger partial charge < -0.3 is 15.0 Å². The topological polar surface area (TPSA) is 58.6 Å². The van der Waals surface area contributed by atoms with Gasteiger partial charge in [0.25, 0.3) is 5.91 Å². The number of amides is 2. The Morgan fingerprint density at radius 2 is 1.87 bits per heavy atom. The highest BCUT2D eigenvalue weighted by Gasteiger charge is 2.36. The van der Waals surface area contributed by atoms with Crippen molar-refractivity contribution in [2.75, 3.05) is 25.0 Å². The maximum absolute atomic E-state index is 13.4. The van der Waals surface area contributed by atoms with Crippen LogP contribution in [0.5, 0.6) is 0 Å². The predicted octanol–water partition coefficient (Wildman–Crippen LogP) is 4.58. The Morgan fingerprint density at radius 1 is 1.13 bits per heavy atom. The predicted molar refractivity (Wildman–Crippen MR) is 111 cm³/mol. The first-order valence-electron chi connectivity index (χ1n) is 10.1. The largest absolute Gasteiger partial charge is 0.417 e. The summed E-state index contributed by atoms with van der Waals surface area (Å²) in [6.45, 7) is 3.97. The van der Waals surface area contributed by atoms with Crippen LogP contribution in [0, 0.1) is 13.8 Å². The number of alkyl halides is 3. The average Bonchev–Trinajstić information content (AvgIpc) is 3.23. The molecular weight excluding hydrogens is 409 g/mol. The highest BCUT2D eigenvalue weighted by Crippen LogP contribution is 2.32. The van der Waals surface area contributed by atoms with Crippen molar-refractivity contribution in [1.82, 2.24) is 4.90 Å². The maximum atomic E-state index is 13.4. The van der Waals surface area contributed by atoms with E-state index in [2.05, 4.69) is 5.32 Å². The minimum absolute atomic E-state index is 0.0469. The smallest absolute Gasteiger partial charge is 0.376 e. The van der Waals surface area contributed by atoms with Gasteiger partial charge in [-0.3, -0.25) is 9.59 Å². The lowest BCUT2D eigenvalue weighted by Crippen LogP contribution is -2.43. The Kier molecular flexibility index (Phi) is 7.00. The molecule has 0 saturated carbocycles. The Balaban J connectivity index is 1.84. The van der Waals surface area contributed by atoms with E-state index in [9.17, 15) is 22.8 Å². The fraction of sp³-hybridized carbons (Fsp3) is 0.391. The molecular formula is C23H25F3N2O3. The molecule has 2 aromatic rings. The van der Waals surface area contributed by atoms with Crippen molar-refractivity contribution >= 4 is 17.5 Å². The van der Waals surface area contributed by atoms with Gasteiger partial charge in [-0.25, -0.2) is 0 Å². The molecule has 8 heteroatoms. The van der Waals surface area contributed by atoms with Crippen LogP contribution in [0.2, 0.25) is 0 Å².